The maximum Gasteiger partial charge on any atom is 0.337 e. The van der Waals surface area contributed by atoms with Gasteiger partial charge in [-0.3, -0.25) is 9.59 Å². The van der Waals surface area contributed by atoms with E-state index < -0.39 is 29.1 Å². The van der Waals surface area contributed by atoms with Crippen LogP contribution in [-0.2, 0) is 23.9 Å². The molecular formula is C21H27NO6. The second-order valence-corrected chi connectivity index (χ2v) is 7.16. The van der Waals surface area contributed by atoms with E-state index in [2.05, 4.69) is 5.32 Å². The number of ketones is 1. The zero-order valence-electron chi connectivity index (χ0n) is 16.9. The van der Waals surface area contributed by atoms with Crippen LogP contribution in [0.3, 0.4) is 0 Å². The van der Waals surface area contributed by atoms with Crippen molar-refractivity contribution in [1.82, 2.24) is 5.32 Å². The number of ether oxygens (including phenoxy) is 2. The van der Waals surface area contributed by atoms with Crippen molar-refractivity contribution < 1.29 is 29.0 Å². The van der Waals surface area contributed by atoms with E-state index in [1.54, 1.807) is 32.1 Å². The van der Waals surface area contributed by atoms with Gasteiger partial charge >= 0.3 is 5.97 Å². The molecule has 7 nitrogen and oxygen atoms in total. The average molecular weight is 389 g/mol. The number of fused-ring (bicyclic) bond motifs is 1. The molecule has 3 atom stereocenters. The van der Waals surface area contributed by atoms with Crippen LogP contribution in [0.1, 0.15) is 40.5 Å². The Morgan fingerprint density at radius 1 is 1.32 bits per heavy atom. The van der Waals surface area contributed by atoms with Crippen molar-refractivity contribution in [2.24, 2.45) is 0 Å². The van der Waals surface area contributed by atoms with Crippen LogP contribution in [0.5, 0.6) is 0 Å². The maximum atomic E-state index is 12.6. The first kappa shape index (κ1) is 21.8. The third-order valence-corrected chi connectivity index (χ3v) is 4.81. The third-order valence-electron chi connectivity index (χ3n) is 4.81. The normalized spacial score (nSPS) is 30.3. The van der Waals surface area contributed by atoms with Crippen molar-refractivity contribution in [3.05, 3.63) is 47.1 Å². The molecule has 2 N–H and O–H groups in total. The largest absolute Gasteiger partial charge is 0.465 e. The number of amides is 1. The van der Waals surface area contributed by atoms with Crippen LogP contribution in [0, 0.1) is 0 Å². The van der Waals surface area contributed by atoms with Gasteiger partial charge in [-0.05, 0) is 52.2 Å². The molecule has 28 heavy (non-hydrogen) atoms. The SMILES string of the molecule is C\C=C(/C=C(C)/C=C/CC/C=C(\C)C(=O)[C@]12O[C@H]1[C@@](C)(O)NC2=O)C(=O)OC. The maximum absolute atomic E-state index is 12.6. The summed E-state index contributed by atoms with van der Waals surface area (Å²) in [6.45, 7) is 6.69. The van der Waals surface area contributed by atoms with Gasteiger partial charge in [0.25, 0.3) is 5.91 Å². The van der Waals surface area contributed by atoms with Crippen molar-refractivity contribution in [1.29, 1.82) is 0 Å². The van der Waals surface area contributed by atoms with E-state index in [0.717, 1.165) is 5.57 Å². The zero-order valence-corrected chi connectivity index (χ0v) is 16.9. The van der Waals surface area contributed by atoms with Gasteiger partial charge in [-0.25, -0.2) is 4.79 Å². The van der Waals surface area contributed by atoms with Gasteiger partial charge < -0.3 is 19.9 Å². The molecule has 0 aromatic rings. The monoisotopic (exact) mass is 389 g/mol. The van der Waals surface area contributed by atoms with Gasteiger partial charge in [0.05, 0.1) is 12.7 Å². The Morgan fingerprint density at radius 3 is 2.50 bits per heavy atom. The summed E-state index contributed by atoms with van der Waals surface area (Å²) in [5.41, 5.74) is -1.29. The molecule has 0 unspecified atom stereocenters. The number of rotatable bonds is 8. The number of hydrogen-bond donors (Lipinski definition) is 2. The fraction of sp³-hybridized carbons (Fsp3) is 0.476. The number of carbonyl (C=O) groups is 3. The van der Waals surface area contributed by atoms with E-state index in [1.165, 1.54) is 14.0 Å². The minimum absolute atomic E-state index is 0.387. The average Bonchev–Trinajstić information content (AvgIpc) is 3.38. The summed E-state index contributed by atoms with van der Waals surface area (Å²) < 4.78 is 9.97. The first-order valence-electron chi connectivity index (χ1n) is 9.14. The number of nitrogens with one attached hydrogen (secondary N) is 1. The molecule has 2 fully saturated rings. The molecule has 0 aromatic carbocycles. The number of morpholine rings is 1. The first-order chi connectivity index (χ1) is 13.1. The lowest BCUT2D eigenvalue weighted by molar-refractivity contribution is -0.137. The number of unbranched alkanes of at least 4 members (excludes halogenated alkanes) is 1. The van der Waals surface area contributed by atoms with Crippen LogP contribution in [0.25, 0.3) is 0 Å². The number of allylic oxidation sites excluding steroid dienone is 5. The van der Waals surface area contributed by atoms with Gasteiger partial charge in [0, 0.05) is 0 Å². The number of Topliss-reactive ketones (excluding diaryl/α,β-unsaturated/α-hetero) is 1. The van der Waals surface area contributed by atoms with Crippen molar-refractivity contribution in [3.8, 4) is 0 Å². The highest BCUT2D eigenvalue weighted by molar-refractivity contribution is 6.21. The van der Waals surface area contributed by atoms with Crippen LogP contribution in [0.2, 0.25) is 0 Å². The highest BCUT2D eigenvalue weighted by atomic mass is 16.6. The summed E-state index contributed by atoms with van der Waals surface area (Å²) in [4.78, 5) is 36.2. The van der Waals surface area contributed by atoms with Gasteiger partial charge in [0.2, 0.25) is 11.4 Å². The van der Waals surface area contributed by atoms with E-state index in [4.69, 9.17) is 9.47 Å². The van der Waals surface area contributed by atoms with Crippen molar-refractivity contribution in [3.63, 3.8) is 0 Å². The van der Waals surface area contributed by atoms with E-state index in [0.29, 0.717) is 24.0 Å². The Hall–Kier alpha value is -2.51. The number of methoxy groups -OCH3 is 1. The Morgan fingerprint density at radius 2 is 2.00 bits per heavy atom. The lowest BCUT2D eigenvalue weighted by atomic mass is 9.93. The van der Waals surface area contributed by atoms with Crippen LogP contribution < -0.4 is 5.32 Å². The molecule has 1 amide bonds. The first-order valence-corrected chi connectivity index (χ1v) is 9.14. The fourth-order valence-electron chi connectivity index (χ4n) is 3.22. The van der Waals surface area contributed by atoms with E-state index in [1.807, 2.05) is 19.1 Å². The molecule has 2 saturated heterocycles. The summed E-state index contributed by atoms with van der Waals surface area (Å²) in [5.74, 6) is -1.39. The Labute approximate surface area is 164 Å². The quantitative estimate of drug-likeness (QED) is 0.164. The van der Waals surface area contributed by atoms with Crippen LogP contribution in [-0.4, -0.2) is 47.3 Å². The molecule has 0 radical (unpaired) electrons. The lowest BCUT2D eigenvalue weighted by Crippen LogP contribution is -2.45. The summed E-state index contributed by atoms with van der Waals surface area (Å²) >= 11 is 0. The van der Waals surface area contributed by atoms with Crippen molar-refractivity contribution >= 4 is 17.7 Å². The molecular weight excluding hydrogens is 362 g/mol. The van der Waals surface area contributed by atoms with Gasteiger partial charge in [0.15, 0.2) is 11.8 Å². The summed E-state index contributed by atoms with van der Waals surface area (Å²) in [6.07, 6.45) is 9.45. The number of hydrogen-bond acceptors (Lipinski definition) is 6. The number of esters is 1. The molecule has 2 aliphatic rings. The van der Waals surface area contributed by atoms with Crippen LogP contribution in [0.15, 0.2) is 47.1 Å². The molecule has 152 valence electrons. The second kappa shape index (κ2) is 8.24. The third kappa shape index (κ3) is 4.15. The Kier molecular flexibility index (Phi) is 6.41. The molecule has 0 aromatic heterocycles. The lowest BCUT2D eigenvalue weighted by Gasteiger charge is -2.16. The van der Waals surface area contributed by atoms with E-state index in [-0.39, 0.29) is 5.97 Å². The molecule has 0 spiro atoms. The highest BCUT2D eigenvalue weighted by Gasteiger charge is 2.79. The molecule has 0 saturated carbocycles. The van der Waals surface area contributed by atoms with Gasteiger partial charge in [-0.2, -0.15) is 0 Å². The van der Waals surface area contributed by atoms with Crippen molar-refractivity contribution in [2.75, 3.05) is 7.11 Å². The standard InChI is InChI=1S/C21H27NO6/c1-6-15(17(24)27-5)12-13(2)10-8-7-9-11-14(3)16(23)21-18(28-21)20(4,26)22-19(21)25/h6,8,10-12,18,26H,7,9H2,1-5H3,(H,22,25)/b10-8+,13-12+,14-11+,15-6+/t18-,20+,21-/m0/s1. The van der Waals surface area contributed by atoms with Crippen LogP contribution >= 0.6 is 0 Å². The molecule has 2 aliphatic heterocycles. The predicted molar refractivity (Wildman–Crippen MR) is 103 cm³/mol. The minimum Gasteiger partial charge on any atom is -0.465 e. The fourth-order valence-corrected chi connectivity index (χ4v) is 3.22. The summed E-state index contributed by atoms with van der Waals surface area (Å²) in [7, 11) is 1.34. The van der Waals surface area contributed by atoms with E-state index in [9.17, 15) is 19.5 Å². The minimum atomic E-state index is -1.57. The van der Waals surface area contributed by atoms with Gasteiger partial charge in [-0.1, -0.05) is 29.9 Å². The zero-order chi connectivity index (χ0) is 21.1. The molecule has 0 bridgehead atoms. The number of carbonyl (C=O) groups excluding carboxylic acids is 3. The van der Waals surface area contributed by atoms with Crippen molar-refractivity contribution in [2.45, 2.75) is 58.0 Å². The Bertz CT molecular complexity index is 802. The highest BCUT2D eigenvalue weighted by Crippen LogP contribution is 2.49. The second-order valence-electron chi connectivity index (χ2n) is 7.16. The summed E-state index contributed by atoms with van der Waals surface area (Å²) in [5, 5.41) is 12.4. The smallest absolute Gasteiger partial charge is 0.337 e. The Balaban J connectivity index is 1.90. The summed E-state index contributed by atoms with van der Waals surface area (Å²) in [6, 6.07) is 0. The van der Waals surface area contributed by atoms with Crippen LogP contribution in [0.4, 0.5) is 0 Å². The molecule has 0 aliphatic carbocycles. The van der Waals surface area contributed by atoms with E-state index >= 15 is 0 Å². The number of epoxide rings is 1. The molecule has 2 heterocycles. The molecule has 7 heteroatoms. The van der Waals surface area contributed by atoms with Gasteiger partial charge in [0.1, 0.15) is 0 Å². The topological polar surface area (TPSA) is 105 Å². The number of aliphatic hydroxyl groups is 1. The predicted octanol–water partition coefficient (Wildman–Crippen LogP) is 1.88. The molecule has 2 rings (SSSR count). The van der Waals surface area contributed by atoms with Gasteiger partial charge in [-0.15, -0.1) is 0 Å².